The van der Waals surface area contributed by atoms with Crippen molar-refractivity contribution >= 4 is 5.69 Å². The molecule has 0 unspecified atom stereocenters. The molecule has 1 fully saturated rings. The van der Waals surface area contributed by atoms with Crippen LogP contribution in [0.1, 0.15) is 24.0 Å². The fourth-order valence-electron chi connectivity index (χ4n) is 2.96. The van der Waals surface area contributed by atoms with Crippen LogP contribution in [0.25, 0.3) is 0 Å². The maximum absolute atomic E-state index is 14.2. The van der Waals surface area contributed by atoms with Crippen LogP contribution >= 0.6 is 0 Å². The maximum atomic E-state index is 14.2. The van der Waals surface area contributed by atoms with Crippen LogP contribution < -0.4 is 10.2 Å². The summed E-state index contributed by atoms with van der Waals surface area (Å²) in [5, 5.41) is 12.4. The van der Waals surface area contributed by atoms with Gasteiger partial charge in [-0.3, -0.25) is 4.98 Å². The van der Waals surface area contributed by atoms with E-state index < -0.39 is 0 Å². The maximum Gasteiger partial charge on any atom is 0.147 e. The molecule has 1 N–H and O–H groups in total. The van der Waals surface area contributed by atoms with E-state index >= 15 is 0 Å². The first-order chi connectivity index (χ1) is 11.3. The molecular formula is C18H19FN4. The van der Waals surface area contributed by atoms with Crippen molar-refractivity contribution in [3.05, 3.63) is 59.7 Å². The molecule has 0 spiro atoms. The van der Waals surface area contributed by atoms with E-state index in [-0.39, 0.29) is 5.82 Å². The van der Waals surface area contributed by atoms with Crippen molar-refractivity contribution in [2.45, 2.75) is 25.4 Å². The van der Waals surface area contributed by atoms with Gasteiger partial charge in [-0.2, -0.15) is 5.26 Å². The molecule has 1 aliphatic rings. The summed E-state index contributed by atoms with van der Waals surface area (Å²) in [5.41, 5.74) is 2.08. The molecule has 1 saturated heterocycles. The zero-order valence-corrected chi connectivity index (χ0v) is 12.9. The van der Waals surface area contributed by atoms with E-state index in [0.29, 0.717) is 17.3 Å². The quantitative estimate of drug-likeness (QED) is 0.943. The molecule has 2 heterocycles. The fraction of sp³-hybridized carbons (Fsp3) is 0.333. The third-order valence-electron chi connectivity index (χ3n) is 4.16. The topological polar surface area (TPSA) is 52.0 Å². The number of nitriles is 1. The van der Waals surface area contributed by atoms with Crippen LogP contribution in [0.2, 0.25) is 0 Å². The summed E-state index contributed by atoms with van der Waals surface area (Å²) in [6.45, 7) is 2.37. The number of hydrogen-bond donors (Lipinski definition) is 1. The summed E-state index contributed by atoms with van der Waals surface area (Å²) in [4.78, 5) is 6.17. The average Bonchev–Trinajstić information content (AvgIpc) is 2.61. The molecular weight excluding hydrogens is 291 g/mol. The normalized spacial score (nSPS) is 17.7. The number of rotatable bonds is 4. The lowest BCUT2D eigenvalue weighted by atomic mass is 10.0. The van der Waals surface area contributed by atoms with Gasteiger partial charge < -0.3 is 10.2 Å². The van der Waals surface area contributed by atoms with E-state index in [1.807, 2.05) is 24.4 Å². The van der Waals surface area contributed by atoms with Gasteiger partial charge in [-0.15, -0.1) is 0 Å². The minimum atomic E-state index is -0.322. The first kappa shape index (κ1) is 15.4. The number of halogens is 1. The summed E-state index contributed by atoms with van der Waals surface area (Å²) in [5.74, 6) is -0.322. The third kappa shape index (κ3) is 3.85. The highest BCUT2D eigenvalue weighted by Gasteiger charge is 2.21. The van der Waals surface area contributed by atoms with Crippen LogP contribution in [0.4, 0.5) is 10.1 Å². The molecule has 0 amide bonds. The van der Waals surface area contributed by atoms with Gasteiger partial charge in [0.1, 0.15) is 5.82 Å². The Morgan fingerprint density at radius 1 is 1.39 bits per heavy atom. The third-order valence-corrected chi connectivity index (χ3v) is 4.16. The van der Waals surface area contributed by atoms with E-state index in [0.717, 1.165) is 38.0 Å². The Bertz CT molecular complexity index is 696. The largest absolute Gasteiger partial charge is 0.368 e. The minimum absolute atomic E-state index is 0.319. The monoisotopic (exact) mass is 310 g/mol. The summed E-state index contributed by atoms with van der Waals surface area (Å²) >= 11 is 0. The number of nitrogens with zero attached hydrogens (tertiary/aromatic N) is 3. The lowest BCUT2D eigenvalue weighted by molar-refractivity contribution is 0.418. The number of benzene rings is 1. The number of nitrogens with one attached hydrogen (secondary N) is 1. The molecule has 2 aromatic rings. The van der Waals surface area contributed by atoms with Gasteiger partial charge in [-0.1, -0.05) is 6.07 Å². The highest BCUT2D eigenvalue weighted by Crippen LogP contribution is 2.24. The van der Waals surface area contributed by atoms with E-state index in [1.165, 1.54) is 6.07 Å². The summed E-state index contributed by atoms with van der Waals surface area (Å²) in [7, 11) is 0. The van der Waals surface area contributed by atoms with Gasteiger partial charge in [-0.25, -0.2) is 4.39 Å². The van der Waals surface area contributed by atoms with Gasteiger partial charge in [0.2, 0.25) is 0 Å². The van der Waals surface area contributed by atoms with Gasteiger partial charge in [0, 0.05) is 38.1 Å². The molecule has 0 radical (unpaired) electrons. The van der Waals surface area contributed by atoms with Gasteiger partial charge in [0.05, 0.1) is 17.3 Å². The second-order valence-electron chi connectivity index (χ2n) is 5.81. The molecule has 5 heteroatoms. The predicted octanol–water partition coefficient (Wildman–Crippen LogP) is 2.85. The Labute approximate surface area is 135 Å². The van der Waals surface area contributed by atoms with Gasteiger partial charge in [-0.05, 0) is 42.7 Å². The Morgan fingerprint density at radius 2 is 2.30 bits per heavy atom. The van der Waals surface area contributed by atoms with Gasteiger partial charge in [0.25, 0.3) is 0 Å². The second-order valence-corrected chi connectivity index (χ2v) is 5.81. The van der Waals surface area contributed by atoms with Crippen LogP contribution in [0.3, 0.4) is 0 Å². The molecule has 1 aliphatic heterocycles. The van der Waals surface area contributed by atoms with Gasteiger partial charge >= 0.3 is 0 Å². The SMILES string of the molecule is N#Cc1ccc(N2CCC[C@H](NCc3cccnc3)C2)c(F)c1. The van der Waals surface area contributed by atoms with Crippen molar-refractivity contribution in [2.24, 2.45) is 0 Å². The molecule has 1 aromatic heterocycles. The highest BCUT2D eigenvalue weighted by molar-refractivity contribution is 5.51. The fourth-order valence-corrected chi connectivity index (χ4v) is 2.96. The molecule has 23 heavy (non-hydrogen) atoms. The van der Waals surface area contributed by atoms with Crippen molar-refractivity contribution in [2.75, 3.05) is 18.0 Å². The number of pyridine rings is 1. The summed E-state index contributed by atoms with van der Waals surface area (Å²) in [6, 6.07) is 10.9. The van der Waals surface area contributed by atoms with Crippen LogP contribution in [0.15, 0.2) is 42.7 Å². The second kappa shape index (κ2) is 7.21. The zero-order chi connectivity index (χ0) is 16.1. The lowest BCUT2D eigenvalue weighted by Crippen LogP contribution is -2.45. The average molecular weight is 310 g/mol. The molecule has 3 rings (SSSR count). The number of hydrogen-bond acceptors (Lipinski definition) is 4. The Balaban J connectivity index is 1.63. The van der Waals surface area contributed by atoms with Crippen LogP contribution in [-0.4, -0.2) is 24.1 Å². The lowest BCUT2D eigenvalue weighted by Gasteiger charge is -2.35. The first-order valence-electron chi connectivity index (χ1n) is 7.83. The van der Waals surface area contributed by atoms with Crippen molar-refractivity contribution in [1.29, 1.82) is 5.26 Å². The van der Waals surface area contributed by atoms with Gasteiger partial charge in [0.15, 0.2) is 0 Å². The molecule has 4 nitrogen and oxygen atoms in total. The van der Waals surface area contributed by atoms with Crippen LogP contribution in [0.5, 0.6) is 0 Å². The number of anilines is 1. The standard InChI is InChI=1S/C18H19FN4/c19-17-9-14(10-20)5-6-18(17)23-8-2-4-16(13-23)22-12-15-3-1-7-21-11-15/h1,3,5-7,9,11,16,22H,2,4,8,12-13H2/t16-/m0/s1. The summed E-state index contributed by atoms with van der Waals surface area (Å²) in [6.07, 6.45) is 5.71. The Morgan fingerprint density at radius 3 is 3.04 bits per heavy atom. The smallest absolute Gasteiger partial charge is 0.147 e. The molecule has 0 saturated carbocycles. The van der Waals surface area contributed by atoms with Crippen molar-refractivity contribution in [3.63, 3.8) is 0 Å². The first-order valence-corrected chi connectivity index (χ1v) is 7.83. The highest BCUT2D eigenvalue weighted by atomic mass is 19.1. The summed E-state index contributed by atoms with van der Waals surface area (Å²) < 4.78 is 14.2. The molecule has 0 bridgehead atoms. The van der Waals surface area contributed by atoms with Crippen LogP contribution in [-0.2, 0) is 6.54 Å². The predicted molar refractivity (Wildman–Crippen MR) is 87.4 cm³/mol. The van der Waals surface area contributed by atoms with E-state index in [2.05, 4.69) is 15.2 Å². The number of aromatic nitrogens is 1. The van der Waals surface area contributed by atoms with Crippen molar-refractivity contribution in [1.82, 2.24) is 10.3 Å². The molecule has 118 valence electrons. The minimum Gasteiger partial charge on any atom is -0.368 e. The molecule has 1 aromatic carbocycles. The molecule has 0 aliphatic carbocycles. The Kier molecular flexibility index (Phi) is 4.84. The Hall–Kier alpha value is -2.45. The zero-order valence-electron chi connectivity index (χ0n) is 12.9. The van der Waals surface area contributed by atoms with E-state index in [1.54, 1.807) is 18.3 Å². The van der Waals surface area contributed by atoms with E-state index in [9.17, 15) is 4.39 Å². The van der Waals surface area contributed by atoms with Crippen LogP contribution in [0, 0.1) is 17.1 Å². The van der Waals surface area contributed by atoms with E-state index in [4.69, 9.17) is 5.26 Å². The van der Waals surface area contributed by atoms with Crippen molar-refractivity contribution in [3.8, 4) is 6.07 Å². The number of piperidine rings is 1. The van der Waals surface area contributed by atoms with Crippen molar-refractivity contribution < 1.29 is 4.39 Å². The molecule has 1 atom stereocenters.